The Labute approximate surface area is 106 Å². The lowest BCUT2D eigenvalue weighted by Gasteiger charge is -2.43. The van der Waals surface area contributed by atoms with E-state index in [1.165, 1.54) is 51.6 Å². The van der Waals surface area contributed by atoms with Gasteiger partial charge in [-0.15, -0.1) is 0 Å². The van der Waals surface area contributed by atoms with E-state index < -0.39 is 0 Å². The first-order valence-corrected chi connectivity index (χ1v) is 7.38. The highest BCUT2D eigenvalue weighted by atomic mass is 16.5. The smallest absolute Gasteiger partial charge is 0.0599 e. The lowest BCUT2D eigenvalue weighted by Crippen LogP contribution is -2.53. The number of likely N-dealkylation sites (N-methyl/N-ethyl adjacent to an activating group) is 1. The highest BCUT2D eigenvalue weighted by Crippen LogP contribution is 2.26. The molecule has 0 bridgehead atoms. The zero-order valence-electron chi connectivity index (χ0n) is 11.5. The van der Waals surface area contributed by atoms with E-state index >= 15 is 0 Å². The maximum atomic E-state index is 5.73. The second-order valence-electron chi connectivity index (χ2n) is 5.44. The van der Waals surface area contributed by atoms with E-state index in [0.717, 1.165) is 12.6 Å². The largest absolute Gasteiger partial charge is 0.378 e. The highest BCUT2D eigenvalue weighted by molar-refractivity contribution is 4.89. The third-order valence-electron chi connectivity index (χ3n) is 4.45. The van der Waals surface area contributed by atoms with Crippen molar-refractivity contribution in [3.63, 3.8) is 0 Å². The molecule has 17 heavy (non-hydrogen) atoms. The Morgan fingerprint density at radius 1 is 1.12 bits per heavy atom. The minimum absolute atomic E-state index is 0.521. The van der Waals surface area contributed by atoms with Gasteiger partial charge in [0, 0.05) is 31.8 Å². The molecule has 0 radical (unpaired) electrons. The lowest BCUT2D eigenvalue weighted by molar-refractivity contribution is -0.00501. The molecule has 2 atom stereocenters. The van der Waals surface area contributed by atoms with Gasteiger partial charge in [0.15, 0.2) is 0 Å². The molecule has 1 aliphatic carbocycles. The standard InChI is InChI=1S/C14H28N2O/c1-3-17-12-8-10-16(11-9-12)14-7-5-4-6-13(14)15-2/h12-15H,3-11H2,1-2H3. The Bertz CT molecular complexity index is 214. The van der Waals surface area contributed by atoms with Gasteiger partial charge in [0.2, 0.25) is 0 Å². The number of likely N-dealkylation sites (tertiary alicyclic amines) is 1. The average Bonchev–Trinajstić information content (AvgIpc) is 2.40. The summed E-state index contributed by atoms with van der Waals surface area (Å²) in [7, 11) is 2.12. The molecule has 2 fully saturated rings. The second-order valence-corrected chi connectivity index (χ2v) is 5.44. The van der Waals surface area contributed by atoms with E-state index in [1.807, 2.05) is 0 Å². The maximum Gasteiger partial charge on any atom is 0.0599 e. The van der Waals surface area contributed by atoms with Crippen molar-refractivity contribution >= 4 is 0 Å². The van der Waals surface area contributed by atoms with Gasteiger partial charge < -0.3 is 10.1 Å². The number of piperidine rings is 1. The molecule has 3 heteroatoms. The summed E-state index contributed by atoms with van der Waals surface area (Å²) in [6.07, 6.45) is 8.51. The van der Waals surface area contributed by atoms with Gasteiger partial charge in [-0.3, -0.25) is 4.90 Å². The van der Waals surface area contributed by atoms with E-state index in [-0.39, 0.29) is 0 Å². The number of nitrogens with one attached hydrogen (secondary N) is 1. The minimum Gasteiger partial charge on any atom is -0.378 e. The maximum absolute atomic E-state index is 5.73. The number of ether oxygens (including phenoxy) is 1. The number of nitrogens with zero attached hydrogens (tertiary/aromatic N) is 1. The Morgan fingerprint density at radius 3 is 2.47 bits per heavy atom. The molecule has 0 aromatic rings. The number of hydrogen-bond acceptors (Lipinski definition) is 3. The highest BCUT2D eigenvalue weighted by Gasteiger charge is 2.31. The molecule has 0 amide bonds. The third-order valence-corrected chi connectivity index (χ3v) is 4.45. The van der Waals surface area contributed by atoms with Crippen LogP contribution in [-0.2, 0) is 4.74 Å². The van der Waals surface area contributed by atoms with Crippen molar-refractivity contribution in [3.8, 4) is 0 Å². The van der Waals surface area contributed by atoms with Crippen molar-refractivity contribution in [2.24, 2.45) is 0 Å². The van der Waals surface area contributed by atoms with Crippen LogP contribution in [-0.4, -0.2) is 49.8 Å². The average molecular weight is 240 g/mol. The number of hydrogen-bond donors (Lipinski definition) is 1. The van der Waals surface area contributed by atoms with Gasteiger partial charge in [0.05, 0.1) is 6.10 Å². The SMILES string of the molecule is CCOC1CCN(C2CCCCC2NC)CC1. The first-order valence-electron chi connectivity index (χ1n) is 7.38. The summed E-state index contributed by atoms with van der Waals surface area (Å²) in [6, 6.07) is 1.49. The third kappa shape index (κ3) is 3.43. The van der Waals surface area contributed by atoms with E-state index in [4.69, 9.17) is 4.74 Å². The summed E-state index contributed by atoms with van der Waals surface area (Å²) in [5.74, 6) is 0. The van der Waals surface area contributed by atoms with Gasteiger partial charge >= 0.3 is 0 Å². The molecule has 1 saturated carbocycles. The number of rotatable bonds is 4. The fraction of sp³-hybridized carbons (Fsp3) is 1.00. The van der Waals surface area contributed by atoms with Crippen LogP contribution in [0.4, 0.5) is 0 Å². The summed E-state index contributed by atoms with van der Waals surface area (Å²) in [5, 5.41) is 3.51. The first kappa shape index (κ1) is 13.3. The van der Waals surface area contributed by atoms with E-state index in [0.29, 0.717) is 12.1 Å². The zero-order valence-corrected chi connectivity index (χ0v) is 11.5. The van der Waals surface area contributed by atoms with Crippen LogP contribution in [0.2, 0.25) is 0 Å². The van der Waals surface area contributed by atoms with Crippen molar-refractivity contribution in [1.82, 2.24) is 10.2 Å². The fourth-order valence-electron chi connectivity index (χ4n) is 3.49. The molecule has 1 aliphatic heterocycles. The van der Waals surface area contributed by atoms with Crippen LogP contribution in [0.15, 0.2) is 0 Å². The van der Waals surface area contributed by atoms with Gasteiger partial charge in [-0.05, 0) is 39.7 Å². The van der Waals surface area contributed by atoms with Crippen LogP contribution in [0.5, 0.6) is 0 Å². The zero-order chi connectivity index (χ0) is 12.1. The Balaban J connectivity index is 1.82. The molecule has 2 rings (SSSR count). The molecule has 3 nitrogen and oxygen atoms in total. The van der Waals surface area contributed by atoms with Gasteiger partial charge in [-0.2, -0.15) is 0 Å². The fourth-order valence-corrected chi connectivity index (χ4v) is 3.49. The predicted octanol–water partition coefficient (Wildman–Crippen LogP) is 2.02. The summed E-state index contributed by atoms with van der Waals surface area (Å²) < 4.78 is 5.73. The van der Waals surface area contributed by atoms with Crippen LogP contribution in [0.1, 0.15) is 45.4 Å². The van der Waals surface area contributed by atoms with Crippen molar-refractivity contribution in [2.45, 2.75) is 63.6 Å². The molecule has 2 unspecified atom stereocenters. The van der Waals surface area contributed by atoms with Crippen molar-refractivity contribution in [1.29, 1.82) is 0 Å². The van der Waals surface area contributed by atoms with Crippen molar-refractivity contribution < 1.29 is 4.74 Å². The molecule has 1 saturated heterocycles. The summed E-state index contributed by atoms with van der Waals surface area (Å²) in [6.45, 7) is 5.43. The topological polar surface area (TPSA) is 24.5 Å². The predicted molar refractivity (Wildman–Crippen MR) is 71.3 cm³/mol. The molecule has 0 aromatic carbocycles. The van der Waals surface area contributed by atoms with Crippen LogP contribution in [0.25, 0.3) is 0 Å². The van der Waals surface area contributed by atoms with Crippen molar-refractivity contribution in [3.05, 3.63) is 0 Å². The second kappa shape index (κ2) is 6.72. The summed E-state index contributed by atoms with van der Waals surface area (Å²) >= 11 is 0. The lowest BCUT2D eigenvalue weighted by atomic mass is 9.88. The molecule has 1 N–H and O–H groups in total. The molecular formula is C14H28N2O. The molecule has 0 aromatic heterocycles. The molecule has 2 aliphatic rings. The normalized spacial score (nSPS) is 32.8. The van der Waals surface area contributed by atoms with Crippen LogP contribution in [0.3, 0.4) is 0 Å². The van der Waals surface area contributed by atoms with Gasteiger partial charge in [0.1, 0.15) is 0 Å². The summed E-state index contributed by atoms with van der Waals surface area (Å²) in [4.78, 5) is 2.70. The van der Waals surface area contributed by atoms with Gasteiger partial charge in [0.25, 0.3) is 0 Å². The van der Waals surface area contributed by atoms with E-state index in [2.05, 4.69) is 24.2 Å². The van der Waals surface area contributed by atoms with E-state index in [1.54, 1.807) is 0 Å². The molecule has 0 spiro atoms. The monoisotopic (exact) mass is 240 g/mol. The Kier molecular flexibility index (Phi) is 5.26. The Morgan fingerprint density at radius 2 is 1.82 bits per heavy atom. The van der Waals surface area contributed by atoms with E-state index in [9.17, 15) is 0 Å². The van der Waals surface area contributed by atoms with Crippen LogP contribution < -0.4 is 5.32 Å². The molecular weight excluding hydrogens is 212 g/mol. The molecule has 1 heterocycles. The van der Waals surface area contributed by atoms with Gasteiger partial charge in [-0.1, -0.05) is 12.8 Å². The quantitative estimate of drug-likeness (QED) is 0.813. The Hall–Kier alpha value is -0.120. The van der Waals surface area contributed by atoms with Crippen LogP contribution >= 0.6 is 0 Å². The van der Waals surface area contributed by atoms with Crippen LogP contribution in [0, 0.1) is 0 Å². The summed E-state index contributed by atoms with van der Waals surface area (Å²) in [5.41, 5.74) is 0. The first-order chi connectivity index (χ1) is 8.35. The van der Waals surface area contributed by atoms with Crippen molar-refractivity contribution in [2.75, 3.05) is 26.7 Å². The molecule has 100 valence electrons. The van der Waals surface area contributed by atoms with Gasteiger partial charge in [-0.25, -0.2) is 0 Å². The minimum atomic E-state index is 0.521.